The summed E-state index contributed by atoms with van der Waals surface area (Å²) in [4.78, 5) is 10.9. The molecule has 18 heavy (non-hydrogen) atoms. The first-order valence-electron chi connectivity index (χ1n) is 5.37. The molecule has 6 heteroatoms. The van der Waals surface area contributed by atoms with E-state index in [1.165, 1.54) is 21.3 Å². The van der Waals surface area contributed by atoms with Crippen LogP contribution in [0, 0.1) is 0 Å². The van der Waals surface area contributed by atoms with Crippen molar-refractivity contribution in [3.63, 3.8) is 0 Å². The Labute approximate surface area is 106 Å². The number of ether oxygens (including phenoxy) is 3. The number of benzene rings is 1. The van der Waals surface area contributed by atoms with Crippen molar-refractivity contribution in [3.05, 3.63) is 17.7 Å². The van der Waals surface area contributed by atoms with E-state index in [-0.39, 0.29) is 6.42 Å². The molecule has 6 nitrogen and oxygen atoms in total. The molecule has 0 saturated heterocycles. The molecular weight excluding hydrogens is 236 g/mol. The Bertz CT molecular complexity index is 409. The first-order chi connectivity index (χ1) is 8.53. The fraction of sp³-hybridized carbons (Fsp3) is 0.417. The third-order valence-electron chi connectivity index (χ3n) is 2.54. The molecule has 0 aliphatic carbocycles. The molecule has 0 radical (unpaired) electrons. The maximum absolute atomic E-state index is 10.9. The van der Waals surface area contributed by atoms with Crippen molar-refractivity contribution in [2.24, 2.45) is 11.5 Å². The Kier molecular flexibility index (Phi) is 4.79. The summed E-state index contributed by atoms with van der Waals surface area (Å²) in [7, 11) is 4.55. The van der Waals surface area contributed by atoms with Crippen LogP contribution in [0.25, 0.3) is 0 Å². The number of hydrogen-bond acceptors (Lipinski definition) is 5. The van der Waals surface area contributed by atoms with Gasteiger partial charge >= 0.3 is 0 Å². The van der Waals surface area contributed by atoms with Crippen LogP contribution in [-0.2, 0) is 4.79 Å². The van der Waals surface area contributed by atoms with E-state index >= 15 is 0 Å². The number of rotatable bonds is 6. The minimum Gasteiger partial charge on any atom is -0.493 e. The van der Waals surface area contributed by atoms with Gasteiger partial charge in [0.25, 0.3) is 0 Å². The van der Waals surface area contributed by atoms with Gasteiger partial charge in [0, 0.05) is 12.5 Å². The molecular formula is C12H18N2O4. The van der Waals surface area contributed by atoms with Crippen LogP contribution in [-0.4, -0.2) is 27.2 Å². The average molecular weight is 254 g/mol. The number of primary amides is 1. The largest absolute Gasteiger partial charge is 0.493 e. The molecule has 0 aliphatic heterocycles. The van der Waals surface area contributed by atoms with E-state index in [1.807, 2.05) is 0 Å². The van der Waals surface area contributed by atoms with E-state index in [1.54, 1.807) is 12.1 Å². The lowest BCUT2D eigenvalue weighted by Gasteiger charge is -2.16. The molecule has 1 aromatic carbocycles. The second-order valence-electron chi connectivity index (χ2n) is 3.74. The third-order valence-corrected chi connectivity index (χ3v) is 2.54. The monoisotopic (exact) mass is 254 g/mol. The fourth-order valence-electron chi connectivity index (χ4n) is 1.65. The summed E-state index contributed by atoms with van der Waals surface area (Å²) in [6.07, 6.45) is 0.0542. The first-order valence-corrected chi connectivity index (χ1v) is 5.37. The molecule has 1 rings (SSSR count). The van der Waals surface area contributed by atoms with Crippen LogP contribution in [0.4, 0.5) is 0 Å². The van der Waals surface area contributed by atoms with Gasteiger partial charge in [0.2, 0.25) is 11.7 Å². The predicted octanol–water partition coefficient (Wildman–Crippen LogP) is 0.588. The van der Waals surface area contributed by atoms with E-state index in [4.69, 9.17) is 25.7 Å². The lowest BCUT2D eigenvalue weighted by Crippen LogP contribution is -2.20. The summed E-state index contributed by atoms with van der Waals surface area (Å²) in [5.41, 5.74) is 11.7. The number of nitrogens with two attached hydrogens (primary N) is 2. The second-order valence-corrected chi connectivity index (χ2v) is 3.74. The minimum absolute atomic E-state index is 0.0542. The molecule has 0 saturated carbocycles. The van der Waals surface area contributed by atoms with E-state index in [0.29, 0.717) is 22.8 Å². The van der Waals surface area contributed by atoms with Gasteiger partial charge < -0.3 is 25.7 Å². The van der Waals surface area contributed by atoms with Crippen molar-refractivity contribution >= 4 is 5.91 Å². The summed E-state index contributed by atoms with van der Waals surface area (Å²) in [5, 5.41) is 0. The zero-order valence-electron chi connectivity index (χ0n) is 10.7. The zero-order chi connectivity index (χ0) is 13.7. The van der Waals surface area contributed by atoms with E-state index in [2.05, 4.69) is 0 Å². The van der Waals surface area contributed by atoms with Crippen molar-refractivity contribution in [1.82, 2.24) is 0 Å². The van der Waals surface area contributed by atoms with Crippen molar-refractivity contribution in [2.45, 2.75) is 12.5 Å². The van der Waals surface area contributed by atoms with Gasteiger partial charge in [-0.25, -0.2) is 0 Å². The Balaban J connectivity index is 3.18. The molecule has 0 unspecified atom stereocenters. The van der Waals surface area contributed by atoms with Crippen molar-refractivity contribution in [2.75, 3.05) is 21.3 Å². The molecule has 1 amide bonds. The number of carbonyl (C=O) groups is 1. The van der Waals surface area contributed by atoms with Gasteiger partial charge in [-0.2, -0.15) is 0 Å². The Morgan fingerprint density at radius 1 is 1.17 bits per heavy atom. The van der Waals surface area contributed by atoms with E-state index in [9.17, 15) is 4.79 Å². The predicted molar refractivity (Wildman–Crippen MR) is 66.8 cm³/mol. The van der Waals surface area contributed by atoms with Crippen LogP contribution in [0.15, 0.2) is 12.1 Å². The molecule has 0 aromatic heterocycles. The summed E-state index contributed by atoms with van der Waals surface area (Å²) in [5.74, 6) is 1.00. The van der Waals surface area contributed by atoms with Crippen LogP contribution >= 0.6 is 0 Å². The van der Waals surface area contributed by atoms with Crippen LogP contribution in [0.2, 0.25) is 0 Å². The normalized spacial score (nSPS) is 11.8. The quantitative estimate of drug-likeness (QED) is 0.774. The van der Waals surface area contributed by atoms with Crippen molar-refractivity contribution < 1.29 is 19.0 Å². The molecule has 0 spiro atoms. The minimum atomic E-state index is -0.504. The number of hydrogen-bond donors (Lipinski definition) is 2. The van der Waals surface area contributed by atoms with Gasteiger partial charge in [-0.15, -0.1) is 0 Å². The van der Waals surface area contributed by atoms with Crippen LogP contribution in [0.1, 0.15) is 18.0 Å². The molecule has 1 atom stereocenters. The maximum Gasteiger partial charge on any atom is 0.219 e. The molecule has 0 fully saturated rings. The standard InChI is InChI=1S/C12H18N2O4/c1-16-9-4-7(8(13)6-11(14)15)5-10(17-2)12(9)18-3/h4-5,8H,6,13H2,1-3H3,(H2,14,15)/t8-/m1/s1. The van der Waals surface area contributed by atoms with Crippen LogP contribution in [0.3, 0.4) is 0 Å². The molecule has 1 aromatic rings. The summed E-state index contributed by atoms with van der Waals surface area (Å²) >= 11 is 0. The Morgan fingerprint density at radius 3 is 2.00 bits per heavy atom. The smallest absolute Gasteiger partial charge is 0.219 e. The number of methoxy groups -OCH3 is 3. The van der Waals surface area contributed by atoms with Crippen molar-refractivity contribution in [3.8, 4) is 17.2 Å². The second kappa shape index (κ2) is 6.11. The summed E-state index contributed by atoms with van der Waals surface area (Å²) in [6.45, 7) is 0. The maximum atomic E-state index is 10.9. The topological polar surface area (TPSA) is 96.8 Å². The van der Waals surface area contributed by atoms with Gasteiger partial charge in [-0.05, 0) is 17.7 Å². The van der Waals surface area contributed by atoms with Gasteiger partial charge in [0.1, 0.15) is 0 Å². The number of amides is 1. The Morgan fingerprint density at radius 2 is 1.67 bits per heavy atom. The van der Waals surface area contributed by atoms with Gasteiger partial charge in [0.05, 0.1) is 21.3 Å². The van der Waals surface area contributed by atoms with E-state index < -0.39 is 11.9 Å². The highest BCUT2D eigenvalue weighted by Crippen LogP contribution is 2.39. The fourth-order valence-corrected chi connectivity index (χ4v) is 1.65. The van der Waals surface area contributed by atoms with Crippen molar-refractivity contribution in [1.29, 1.82) is 0 Å². The number of carbonyl (C=O) groups excluding carboxylic acids is 1. The summed E-state index contributed by atoms with van der Waals surface area (Å²) in [6, 6.07) is 2.90. The van der Waals surface area contributed by atoms with Crippen LogP contribution in [0.5, 0.6) is 17.2 Å². The van der Waals surface area contributed by atoms with Crippen LogP contribution < -0.4 is 25.7 Å². The Hall–Kier alpha value is -1.95. The van der Waals surface area contributed by atoms with Gasteiger partial charge in [0.15, 0.2) is 11.5 Å². The van der Waals surface area contributed by atoms with Gasteiger partial charge in [-0.3, -0.25) is 4.79 Å². The zero-order valence-corrected chi connectivity index (χ0v) is 10.7. The lowest BCUT2D eigenvalue weighted by atomic mass is 10.0. The summed E-state index contributed by atoms with van der Waals surface area (Å²) < 4.78 is 15.6. The third kappa shape index (κ3) is 3.04. The van der Waals surface area contributed by atoms with Gasteiger partial charge in [-0.1, -0.05) is 0 Å². The average Bonchev–Trinajstić information content (AvgIpc) is 2.35. The SMILES string of the molecule is COc1cc([C@H](N)CC(N)=O)cc(OC)c1OC. The molecule has 0 bridgehead atoms. The molecule has 0 heterocycles. The highest BCUT2D eigenvalue weighted by atomic mass is 16.5. The highest BCUT2D eigenvalue weighted by Gasteiger charge is 2.17. The first kappa shape index (κ1) is 14.1. The highest BCUT2D eigenvalue weighted by molar-refractivity contribution is 5.74. The lowest BCUT2D eigenvalue weighted by molar-refractivity contribution is -0.118. The molecule has 0 aliphatic rings. The van der Waals surface area contributed by atoms with E-state index in [0.717, 1.165) is 0 Å². The molecule has 4 N–H and O–H groups in total. The molecule has 100 valence electrons.